The van der Waals surface area contributed by atoms with E-state index in [1.54, 1.807) is 18.2 Å². The Morgan fingerprint density at radius 3 is 2.75 bits per heavy atom. The molecule has 0 aliphatic carbocycles. The number of benzene rings is 1. The number of nitrogens with zero attached hydrogens (tertiary/aromatic N) is 4. The summed E-state index contributed by atoms with van der Waals surface area (Å²) >= 11 is 1.84. The number of aromatic carboxylic acids is 1. The van der Waals surface area contributed by atoms with Crippen LogP contribution in [0.2, 0.25) is 0 Å². The second-order valence-electron chi connectivity index (χ2n) is 8.35. The first kappa shape index (κ1) is 20.8. The highest BCUT2D eigenvalue weighted by Gasteiger charge is 2.46. The molecule has 32 heavy (non-hydrogen) atoms. The SMILES string of the molecule is CC[C@@H]1CSC2=N[C@@H](c3ccccn3)[C@H](c3cc(C)n(-c4cccc(C(=O)O)c4)c3C)N21. The summed E-state index contributed by atoms with van der Waals surface area (Å²) in [5.74, 6) is 0.138. The number of pyridine rings is 1. The summed E-state index contributed by atoms with van der Waals surface area (Å²) in [4.78, 5) is 23.8. The van der Waals surface area contributed by atoms with E-state index >= 15 is 0 Å². The molecule has 1 aromatic carbocycles. The lowest BCUT2D eigenvalue weighted by Crippen LogP contribution is -2.35. The van der Waals surface area contributed by atoms with Crippen molar-refractivity contribution in [2.45, 2.75) is 45.3 Å². The van der Waals surface area contributed by atoms with E-state index in [4.69, 9.17) is 4.99 Å². The van der Waals surface area contributed by atoms with Gasteiger partial charge in [-0.15, -0.1) is 0 Å². The number of aromatic nitrogens is 2. The van der Waals surface area contributed by atoms with Crippen LogP contribution in [0, 0.1) is 13.8 Å². The zero-order valence-corrected chi connectivity index (χ0v) is 19.2. The van der Waals surface area contributed by atoms with E-state index in [1.807, 2.05) is 36.2 Å². The molecule has 0 unspecified atom stereocenters. The summed E-state index contributed by atoms with van der Waals surface area (Å²) in [6.45, 7) is 6.43. The number of fused-ring (bicyclic) bond motifs is 1. The van der Waals surface area contributed by atoms with E-state index in [9.17, 15) is 9.90 Å². The molecule has 1 saturated heterocycles. The molecule has 2 aliphatic heterocycles. The highest BCUT2D eigenvalue weighted by Crippen LogP contribution is 2.49. The number of aryl methyl sites for hydroxylation is 1. The highest BCUT2D eigenvalue weighted by molar-refractivity contribution is 8.14. The Labute approximate surface area is 192 Å². The van der Waals surface area contributed by atoms with Gasteiger partial charge in [0.05, 0.1) is 17.3 Å². The Bertz CT molecular complexity index is 1200. The summed E-state index contributed by atoms with van der Waals surface area (Å²) in [6.07, 6.45) is 2.90. The van der Waals surface area contributed by atoms with E-state index in [1.165, 1.54) is 5.56 Å². The van der Waals surface area contributed by atoms with Crippen molar-refractivity contribution in [3.63, 3.8) is 0 Å². The van der Waals surface area contributed by atoms with Gasteiger partial charge in [-0.05, 0) is 62.2 Å². The Balaban J connectivity index is 1.63. The molecule has 7 heteroatoms. The molecule has 3 aromatic rings. The molecule has 0 radical (unpaired) electrons. The Morgan fingerprint density at radius 2 is 2.03 bits per heavy atom. The predicted octanol–water partition coefficient (Wildman–Crippen LogP) is 5.17. The Kier molecular flexibility index (Phi) is 5.29. The maximum atomic E-state index is 11.5. The average Bonchev–Trinajstić information content (AvgIpc) is 3.45. The number of thioether (sulfide) groups is 1. The lowest BCUT2D eigenvalue weighted by Gasteiger charge is -2.32. The summed E-state index contributed by atoms with van der Waals surface area (Å²) in [7, 11) is 0. The van der Waals surface area contributed by atoms with E-state index in [0.29, 0.717) is 6.04 Å². The highest BCUT2D eigenvalue weighted by atomic mass is 32.2. The first-order chi connectivity index (χ1) is 15.5. The first-order valence-electron chi connectivity index (χ1n) is 10.9. The van der Waals surface area contributed by atoms with Crippen LogP contribution < -0.4 is 0 Å². The minimum Gasteiger partial charge on any atom is -0.478 e. The number of hydrogen-bond acceptors (Lipinski definition) is 5. The third kappa shape index (κ3) is 3.32. The normalized spacial score (nSPS) is 22.2. The third-order valence-corrected chi connectivity index (χ3v) is 7.60. The van der Waals surface area contributed by atoms with Gasteiger partial charge >= 0.3 is 5.97 Å². The molecule has 4 heterocycles. The zero-order valence-electron chi connectivity index (χ0n) is 18.4. The van der Waals surface area contributed by atoms with Crippen molar-refractivity contribution in [1.29, 1.82) is 0 Å². The molecule has 0 spiro atoms. The molecule has 2 aromatic heterocycles. The smallest absolute Gasteiger partial charge is 0.335 e. The largest absolute Gasteiger partial charge is 0.478 e. The summed E-state index contributed by atoms with van der Waals surface area (Å²) < 4.78 is 2.15. The molecule has 5 rings (SSSR count). The van der Waals surface area contributed by atoms with Crippen LogP contribution in [-0.2, 0) is 0 Å². The molecule has 0 bridgehead atoms. The molecular weight excluding hydrogens is 420 g/mol. The van der Waals surface area contributed by atoms with Crippen LogP contribution in [0.3, 0.4) is 0 Å². The lowest BCUT2D eigenvalue weighted by atomic mass is 9.95. The fourth-order valence-corrected chi connectivity index (χ4v) is 6.29. The topological polar surface area (TPSA) is 70.7 Å². The minimum absolute atomic E-state index is 0.0626. The number of carboxylic acids is 1. The van der Waals surface area contributed by atoms with Gasteiger partial charge in [-0.25, -0.2) is 4.79 Å². The molecule has 1 N–H and O–H groups in total. The standard InChI is InChI=1S/C25H26N4O2S/c1-4-18-14-32-25-27-22(21-10-5-6-11-26-21)23(29(18)25)20-12-15(2)28(16(20)3)19-9-7-8-17(13-19)24(30)31/h5-13,18,22-23H,4,14H2,1-3H3,(H,30,31)/t18-,22+,23+/m1/s1. The van der Waals surface area contributed by atoms with Crippen molar-refractivity contribution >= 4 is 22.9 Å². The molecular formula is C25H26N4O2S. The number of hydrogen-bond donors (Lipinski definition) is 1. The molecule has 2 aliphatic rings. The second-order valence-corrected chi connectivity index (χ2v) is 9.34. The van der Waals surface area contributed by atoms with Gasteiger partial charge < -0.3 is 14.6 Å². The number of rotatable bonds is 5. The predicted molar refractivity (Wildman–Crippen MR) is 128 cm³/mol. The number of aliphatic imine (C=N–C) groups is 1. The average molecular weight is 447 g/mol. The quantitative estimate of drug-likeness (QED) is 0.586. The van der Waals surface area contributed by atoms with Crippen LogP contribution in [-0.4, -0.2) is 42.5 Å². The molecule has 6 nitrogen and oxygen atoms in total. The maximum absolute atomic E-state index is 11.5. The number of carbonyl (C=O) groups is 1. The van der Waals surface area contributed by atoms with Gasteiger partial charge in [0, 0.05) is 35.1 Å². The Hall–Kier alpha value is -3.06. The number of carboxylic acid groups (broad SMARTS) is 1. The summed E-state index contributed by atoms with van der Waals surface area (Å²) in [6, 6.07) is 15.8. The van der Waals surface area contributed by atoms with Crippen molar-refractivity contribution in [1.82, 2.24) is 14.5 Å². The molecule has 1 fully saturated rings. The van der Waals surface area contributed by atoms with E-state index in [0.717, 1.165) is 40.1 Å². The van der Waals surface area contributed by atoms with Crippen molar-refractivity contribution in [2.75, 3.05) is 5.75 Å². The van der Waals surface area contributed by atoms with Crippen LogP contribution in [0.25, 0.3) is 5.69 Å². The van der Waals surface area contributed by atoms with Crippen molar-refractivity contribution in [3.05, 3.63) is 82.9 Å². The van der Waals surface area contributed by atoms with Gasteiger partial charge in [0.25, 0.3) is 0 Å². The van der Waals surface area contributed by atoms with Crippen LogP contribution in [0.15, 0.2) is 59.7 Å². The fraction of sp³-hybridized carbons (Fsp3) is 0.320. The number of amidine groups is 1. The van der Waals surface area contributed by atoms with Crippen molar-refractivity contribution in [2.24, 2.45) is 4.99 Å². The van der Waals surface area contributed by atoms with Crippen LogP contribution in [0.1, 0.15) is 58.4 Å². The molecule has 0 amide bonds. The van der Waals surface area contributed by atoms with E-state index in [2.05, 4.69) is 47.4 Å². The van der Waals surface area contributed by atoms with Gasteiger partial charge in [0.1, 0.15) is 6.04 Å². The first-order valence-corrected chi connectivity index (χ1v) is 11.9. The van der Waals surface area contributed by atoms with Gasteiger partial charge in [0.15, 0.2) is 5.17 Å². The monoisotopic (exact) mass is 446 g/mol. The maximum Gasteiger partial charge on any atom is 0.335 e. The van der Waals surface area contributed by atoms with Crippen LogP contribution in [0.5, 0.6) is 0 Å². The molecule has 3 atom stereocenters. The lowest BCUT2D eigenvalue weighted by molar-refractivity contribution is 0.0697. The van der Waals surface area contributed by atoms with Gasteiger partial charge in [-0.3, -0.25) is 9.98 Å². The van der Waals surface area contributed by atoms with Gasteiger partial charge in [0.2, 0.25) is 0 Å². The zero-order chi connectivity index (χ0) is 22.4. The van der Waals surface area contributed by atoms with Gasteiger partial charge in [-0.2, -0.15) is 0 Å². The summed E-state index contributed by atoms with van der Waals surface area (Å²) in [5.41, 5.74) is 5.54. The van der Waals surface area contributed by atoms with Crippen LogP contribution >= 0.6 is 11.8 Å². The van der Waals surface area contributed by atoms with Crippen molar-refractivity contribution in [3.8, 4) is 5.69 Å². The van der Waals surface area contributed by atoms with Crippen molar-refractivity contribution < 1.29 is 9.90 Å². The molecule has 164 valence electrons. The Morgan fingerprint density at radius 1 is 1.19 bits per heavy atom. The fourth-order valence-electron chi connectivity index (χ4n) is 4.95. The minimum atomic E-state index is -0.918. The third-order valence-electron chi connectivity index (χ3n) is 6.47. The van der Waals surface area contributed by atoms with Gasteiger partial charge in [-0.1, -0.05) is 30.8 Å². The van der Waals surface area contributed by atoms with Crippen LogP contribution in [0.4, 0.5) is 0 Å². The second kappa shape index (κ2) is 8.13. The molecule has 0 saturated carbocycles. The van der Waals surface area contributed by atoms with E-state index in [-0.39, 0.29) is 17.6 Å². The van der Waals surface area contributed by atoms with E-state index < -0.39 is 5.97 Å². The summed E-state index contributed by atoms with van der Waals surface area (Å²) in [5, 5.41) is 10.6.